The van der Waals surface area contributed by atoms with Crippen molar-refractivity contribution in [1.82, 2.24) is 5.16 Å². The molecule has 0 unspecified atom stereocenters. The zero-order valence-electron chi connectivity index (χ0n) is 7.67. The maximum atomic E-state index is 13.4. The molecule has 2 rings (SSSR count). The van der Waals surface area contributed by atoms with Crippen molar-refractivity contribution in [3.05, 3.63) is 29.7 Å². The lowest BCUT2D eigenvalue weighted by atomic mass is 10.1. The fraction of sp³-hybridized carbons (Fsp3) is 0. The molecule has 0 fully saturated rings. The molecule has 1 aromatic carbocycles. The Balaban J connectivity index is 2.79. The van der Waals surface area contributed by atoms with Gasteiger partial charge in [-0.3, -0.25) is 0 Å². The van der Waals surface area contributed by atoms with Crippen LogP contribution in [0.15, 0.2) is 16.8 Å². The molecule has 0 saturated heterocycles. The standard InChI is InChI=1S/C9H5F3N2O2/c10-4-1-5(11)8(15)6(7(4)12)3-2-14-16-9(3)13/h1-2,15H,13H2. The molecule has 0 radical (unpaired) electrons. The van der Waals surface area contributed by atoms with E-state index in [0.29, 0.717) is 0 Å². The molecule has 0 bridgehead atoms. The number of nitrogens with zero attached hydrogens (tertiary/aromatic N) is 1. The molecule has 0 spiro atoms. The summed E-state index contributed by atoms with van der Waals surface area (Å²) >= 11 is 0. The van der Waals surface area contributed by atoms with Crippen molar-refractivity contribution >= 4 is 5.88 Å². The molecule has 2 aromatic rings. The van der Waals surface area contributed by atoms with Crippen molar-refractivity contribution in [2.24, 2.45) is 0 Å². The first-order valence-corrected chi connectivity index (χ1v) is 4.09. The Kier molecular flexibility index (Phi) is 2.22. The van der Waals surface area contributed by atoms with Gasteiger partial charge in [0.25, 0.3) is 0 Å². The molecule has 0 aliphatic rings. The number of phenols is 1. The molecule has 0 amide bonds. The Morgan fingerprint density at radius 3 is 2.50 bits per heavy atom. The van der Waals surface area contributed by atoms with Crippen LogP contribution in [0, 0.1) is 17.5 Å². The number of phenolic OH excluding ortho intramolecular Hbond substituents is 1. The number of hydrogen-bond donors (Lipinski definition) is 2. The van der Waals surface area contributed by atoms with Crippen molar-refractivity contribution in [1.29, 1.82) is 0 Å². The lowest BCUT2D eigenvalue weighted by molar-refractivity contribution is 0.416. The smallest absolute Gasteiger partial charge is 0.230 e. The third-order valence-corrected chi connectivity index (χ3v) is 2.01. The second-order valence-electron chi connectivity index (χ2n) is 2.98. The van der Waals surface area contributed by atoms with Crippen LogP contribution in [0.4, 0.5) is 19.1 Å². The third-order valence-electron chi connectivity index (χ3n) is 2.01. The van der Waals surface area contributed by atoms with Gasteiger partial charge in [-0.1, -0.05) is 5.16 Å². The average molecular weight is 230 g/mol. The van der Waals surface area contributed by atoms with Crippen molar-refractivity contribution in [2.45, 2.75) is 0 Å². The van der Waals surface area contributed by atoms with Crippen LogP contribution in [0.5, 0.6) is 5.75 Å². The third kappa shape index (κ3) is 1.37. The lowest BCUT2D eigenvalue weighted by Gasteiger charge is -2.05. The SMILES string of the molecule is Nc1oncc1-c1c(O)c(F)cc(F)c1F. The number of anilines is 1. The van der Waals surface area contributed by atoms with Gasteiger partial charge in [0.15, 0.2) is 23.2 Å². The van der Waals surface area contributed by atoms with E-state index < -0.39 is 28.8 Å². The summed E-state index contributed by atoms with van der Waals surface area (Å²) in [5, 5.41) is 12.5. The molecule has 84 valence electrons. The minimum Gasteiger partial charge on any atom is -0.504 e. The summed E-state index contributed by atoms with van der Waals surface area (Å²) in [6.45, 7) is 0. The lowest BCUT2D eigenvalue weighted by Crippen LogP contribution is -1.95. The van der Waals surface area contributed by atoms with E-state index in [1.54, 1.807) is 0 Å². The van der Waals surface area contributed by atoms with Gasteiger partial charge < -0.3 is 15.4 Å². The number of rotatable bonds is 1. The van der Waals surface area contributed by atoms with Crippen LogP contribution in [0.2, 0.25) is 0 Å². The Morgan fingerprint density at radius 1 is 1.25 bits per heavy atom. The van der Waals surface area contributed by atoms with Crippen molar-refractivity contribution < 1.29 is 22.8 Å². The van der Waals surface area contributed by atoms with Gasteiger partial charge in [-0.05, 0) is 0 Å². The zero-order chi connectivity index (χ0) is 11.9. The van der Waals surface area contributed by atoms with Crippen LogP contribution >= 0.6 is 0 Å². The van der Waals surface area contributed by atoms with Gasteiger partial charge in [0.1, 0.15) is 0 Å². The first kappa shape index (κ1) is 10.3. The molecule has 16 heavy (non-hydrogen) atoms. The quantitative estimate of drug-likeness (QED) is 0.735. The normalized spacial score (nSPS) is 10.7. The Hall–Kier alpha value is -2.18. The fourth-order valence-electron chi connectivity index (χ4n) is 1.27. The number of nitrogen functional groups attached to an aromatic ring is 1. The predicted octanol–water partition coefficient (Wildman–Crippen LogP) is 2.05. The summed E-state index contributed by atoms with van der Waals surface area (Å²) in [5.74, 6) is -5.55. The number of benzene rings is 1. The van der Waals surface area contributed by atoms with E-state index in [2.05, 4.69) is 9.68 Å². The highest BCUT2D eigenvalue weighted by molar-refractivity contribution is 5.77. The molecule has 0 saturated carbocycles. The van der Waals surface area contributed by atoms with Crippen molar-refractivity contribution in [2.75, 3.05) is 5.73 Å². The average Bonchev–Trinajstić information content (AvgIpc) is 2.63. The van der Waals surface area contributed by atoms with Crippen LogP contribution < -0.4 is 5.73 Å². The summed E-state index contributed by atoms with van der Waals surface area (Å²) < 4.78 is 43.7. The number of hydrogen-bond acceptors (Lipinski definition) is 4. The minimum absolute atomic E-state index is 0.214. The van der Waals surface area contributed by atoms with Crippen LogP contribution in [-0.4, -0.2) is 10.3 Å². The van der Waals surface area contributed by atoms with Crippen LogP contribution in [0.3, 0.4) is 0 Å². The van der Waals surface area contributed by atoms with Gasteiger partial charge in [-0.2, -0.15) is 0 Å². The highest BCUT2D eigenvalue weighted by Crippen LogP contribution is 2.37. The molecular weight excluding hydrogens is 225 g/mol. The monoisotopic (exact) mass is 230 g/mol. The molecule has 0 aliphatic heterocycles. The van der Waals surface area contributed by atoms with Gasteiger partial charge in [0.2, 0.25) is 5.88 Å². The molecule has 1 heterocycles. The molecule has 3 N–H and O–H groups in total. The Morgan fingerprint density at radius 2 is 1.94 bits per heavy atom. The van der Waals surface area contributed by atoms with E-state index in [9.17, 15) is 18.3 Å². The number of halogens is 3. The summed E-state index contributed by atoms with van der Waals surface area (Å²) in [6.07, 6.45) is 0.951. The second kappa shape index (κ2) is 3.44. The number of aromatic nitrogens is 1. The maximum Gasteiger partial charge on any atom is 0.230 e. The first-order chi connectivity index (χ1) is 7.52. The van der Waals surface area contributed by atoms with Gasteiger partial charge in [0.05, 0.1) is 17.3 Å². The minimum atomic E-state index is -1.44. The highest BCUT2D eigenvalue weighted by Gasteiger charge is 2.23. The zero-order valence-corrected chi connectivity index (χ0v) is 7.67. The van der Waals surface area contributed by atoms with Crippen LogP contribution in [0.25, 0.3) is 11.1 Å². The molecule has 7 heteroatoms. The molecule has 1 aromatic heterocycles. The Labute approximate surface area is 87.1 Å². The first-order valence-electron chi connectivity index (χ1n) is 4.09. The summed E-state index contributed by atoms with van der Waals surface area (Å²) in [6, 6.07) is 0.234. The van der Waals surface area contributed by atoms with Gasteiger partial charge in [-0.15, -0.1) is 0 Å². The summed E-state index contributed by atoms with van der Waals surface area (Å²) in [7, 11) is 0. The van der Waals surface area contributed by atoms with Gasteiger partial charge in [0, 0.05) is 6.07 Å². The maximum absolute atomic E-state index is 13.4. The van der Waals surface area contributed by atoms with Gasteiger partial charge in [-0.25, -0.2) is 13.2 Å². The Bertz CT molecular complexity index is 528. The molecule has 0 aliphatic carbocycles. The van der Waals surface area contributed by atoms with E-state index in [1.807, 2.05) is 0 Å². The molecule has 0 atom stereocenters. The topological polar surface area (TPSA) is 72.3 Å². The fourth-order valence-corrected chi connectivity index (χ4v) is 1.27. The van der Waals surface area contributed by atoms with E-state index in [4.69, 9.17) is 5.73 Å². The summed E-state index contributed by atoms with van der Waals surface area (Å²) in [4.78, 5) is 0. The van der Waals surface area contributed by atoms with E-state index in [1.165, 1.54) is 0 Å². The van der Waals surface area contributed by atoms with E-state index >= 15 is 0 Å². The number of aromatic hydroxyl groups is 1. The largest absolute Gasteiger partial charge is 0.504 e. The van der Waals surface area contributed by atoms with E-state index in [-0.39, 0.29) is 17.5 Å². The van der Waals surface area contributed by atoms with Crippen LogP contribution in [-0.2, 0) is 0 Å². The van der Waals surface area contributed by atoms with Crippen molar-refractivity contribution in [3.63, 3.8) is 0 Å². The van der Waals surface area contributed by atoms with Crippen molar-refractivity contribution in [3.8, 4) is 16.9 Å². The highest BCUT2D eigenvalue weighted by atomic mass is 19.2. The van der Waals surface area contributed by atoms with E-state index in [0.717, 1.165) is 6.20 Å². The predicted molar refractivity (Wildman–Crippen MR) is 47.9 cm³/mol. The van der Waals surface area contributed by atoms with Gasteiger partial charge >= 0.3 is 0 Å². The molecule has 4 nitrogen and oxygen atoms in total. The second-order valence-corrected chi connectivity index (χ2v) is 2.98. The summed E-state index contributed by atoms with van der Waals surface area (Å²) in [5.41, 5.74) is 4.33. The van der Waals surface area contributed by atoms with Crippen LogP contribution in [0.1, 0.15) is 0 Å². The molecular formula is C9H5F3N2O2. The number of nitrogens with two attached hydrogens (primary N) is 1.